The first-order valence-corrected chi connectivity index (χ1v) is 8.64. The van der Waals surface area contributed by atoms with E-state index in [0.29, 0.717) is 5.75 Å². The molecule has 1 aliphatic carbocycles. The summed E-state index contributed by atoms with van der Waals surface area (Å²) in [5, 5.41) is 2.94. The summed E-state index contributed by atoms with van der Waals surface area (Å²) < 4.78 is 11.4. The predicted octanol–water partition coefficient (Wildman–Crippen LogP) is 2.08. The molecule has 0 radical (unpaired) electrons. The van der Waals surface area contributed by atoms with Gasteiger partial charge in [-0.1, -0.05) is 25.0 Å². The van der Waals surface area contributed by atoms with E-state index in [-0.39, 0.29) is 5.91 Å². The number of rotatable bonds is 4. The molecule has 1 fully saturated rings. The van der Waals surface area contributed by atoms with Crippen LogP contribution in [0.1, 0.15) is 36.8 Å². The molecule has 1 aromatic rings. The molecule has 1 amide bonds. The molecule has 0 bridgehead atoms. The highest BCUT2D eigenvalue weighted by Gasteiger charge is 2.37. The maximum absolute atomic E-state index is 12.3. The molecule has 1 aromatic carbocycles. The normalized spacial score (nSPS) is 18.8. The van der Waals surface area contributed by atoms with Gasteiger partial charge in [0.05, 0.1) is 5.54 Å². The number of hydrogen-bond donors (Lipinski definition) is 2. The Bertz CT molecular complexity index is 537. The third-order valence-electron chi connectivity index (χ3n) is 4.00. The van der Waals surface area contributed by atoms with E-state index in [9.17, 15) is 9.00 Å². The zero-order valence-corrected chi connectivity index (χ0v) is 12.9. The average Bonchev–Trinajstić information content (AvgIpc) is 2.82. The first kappa shape index (κ1) is 15.2. The maximum atomic E-state index is 12.3. The summed E-state index contributed by atoms with van der Waals surface area (Å²) in [6, 6.07) is 5.69. The van der Waals surface area contributed by atoms with E-state index in [4.69, 9.17) is 5.73 Å². The van der Waals surface area contributed by atoms with Crippen LogP contribution >= 0.6 is 0 Å². The van der Waals surface area contributed by atoms with Gasteiger partial charge in [0.1, 0.15) is 0 Å². The van der Waals surface area contributed by atoms with Gasteiger partial charge in [-0.3, -0.25) is 9.00 Å². The van der Waals surface area contributed by atoms with Gasteiger partial charge < -0.3 is 11.1 Å². The molecule has 2 rings (SSSR count). The van der Waals surface area contributed by atoms with Gasteiger partial charge in [0.15, 0.2) is 0 Å². The largest absolute Gasteiger partial charge is 0.324 e. The number of benzene rings is 1. The zero-order chi connectivity index (χ0) is 14.8. The second kappa shape index (κ2) is 6.06. The van der Waals surface area contributed by atoms with Crippen molar-refractivity contribution in [1.29, 1.82) is 0 Å². The summed E-state index contributed by atoms with van der Waals surface area (Å²) in [4.78, 5) is 12.3. The number of anilines is 1. The quantitative estimate of drug-likeness (QED) is 0.893. The smallest absolute Gasteiger partial charge is 0.244 e. The molecule has 0 aromatic heterocycles. The molecule has 1 atom stereocenters. The Balaban J connectivity index is 2.17. The number of amides is 1. The lowest BCUT2D eigenvalue weighted by atomic mass is 9.97. The van der Waals surface area contributed by atoms with Crippen LogP contribution in [0.25, 0.3) is 0 Å². The highest BCUT2D eigenvalue weighted by atomic mass is 32.2. The number of nitrogens with two attached hydrogens (primary N) is 1. The van der Waals surface area contributed by atoms with E-state index < -0.39 is 16.3 Å². The van der Waals surface area contributed by atoms with Gasteiger partial charge in [-0.05, 0) is 37.0 Å². The monoisotopic (exact) mass is 294 g/mol. The second-order valence-corrected chi connectivity index (χ2v) is 7.06. The lowest BCUT2D eigenvalue weighted by Crippen LogP contribution is -2.48. The van der Waals surface area contributed by atoms with E-state index in [1.165, 1.54) is 0 Å². The minimum atomic E-state index is -0.895. The van der Waals surface area contributed by atoms with Crippen molar-refractivity contribution in [3.8, 4) is 0 Å². The summed E-state index contributed by atoms with van der Waals surface area (Å²) in [5.74, 6) is 0.399. The van der Waals surface area contributed by atoms with E-state index in [1.54, 1.807) is 6.26 Å². The van der Waals surface area contributed by atoms with Crippen molar-refractivity contribution in [3.05, 3.63) is 29.3 Å². The molecule has 4 nitrogen and oxygen atoms in total. The molecule has 0 aliphatic heterocycles. The Kier molecular flexibility index (Phi) is 4.60. The van der Waals surface area contributed by atoms with Crippen molar-refractivity contribution in [3.63, 3.8) is 0 Å². The number of carbonyl (C=O) groups is 1. The van der Waals surface area contributed by atoms with Gasteiger partial charge in [-0.2, -0.15) is 0 Å². The van der Waals surface area contributed by atoms with Crippen LogP contribution in [-0.2, 0) is 21.3 Å². The van der Waals surface area contributed by atoms with Crippen LogP contribution in [0.3, 0.4) is 0 Å². The fourth-order valence-electron chi connectivity index (χ4n) is 2.67. The topological polar surface area (TPSA) is 72.2 Å². The number of nitrogens with one attached hydrogen (secondary N) is 1. The summed E-state index contributed by atoms with van der Waals surface area (Å²) in [7, 11) is -0.895. The SMILES string of the molecule is Cc1c(CS(C)=O)cccc1NC(=O)C1(N)CCCC1. The second-order valence-electron chi connectivity index (χ2n) is 5.62. The molecule has 0 saturated heterocycles. The Hall–Kier alpha value is -1.20. The molecular formula is C15H22N2O2S. The third kappa shape index (κ3) is 3.27. The molecule has 1 unspecified atom stereocenters. The van der Waals surface area contributed by atoms with E-state index in [2.05, 4.69) is 5.32 Å². The van der Waals surface area contributed by atoms with E-state index >= 15 is 0 Å². The van der Waals surface area contributed by atoms with Crippen LogP contribution in [0.2, 0.25) is 0 Å². The molecular weight excluding hydrogens is 272 g/mol. The van der Waals surface area contributed by atoms with Crippen LogP contribution in [0.5, 0.6) is 0 Å². The molecule has 5 heteroatoms. The fourth-order valence-corrected chi connectivity index (χ4v) is 3.42. The van der Waals surface area contributed by atoms with Crippen molar-refractivity contribution in [1.82, 2.24) is 0 Å². The summed E-state index contributed by atoms with van der Waals surface area (Å²) in [6.07, 6.45) is 5.20. The predicted molar refractivity (Wildman–Crippen MR) is 83.0 cm³/mol. The average molecular weight is 294 g/mol. The molecule has 20 heavy (non-hydrogen) atoms. The fraction of sp³-hybridized carbons (Fsp3) is 0.533. The molecule has 1 saturated carbocycles. The van der Waals surface area contributed by atoms with Crippen molar-refractivity contribution in [2.24, 2.45) is 5.73 Å². The van der Waals surface area contributed by atoms with Crippen molar-refractivity contribution in [2.45, 2.75) is 43.9 Å². The first-order valence-electron chi connectivity index (χ1n) is 6.91. The Morgan fingerprint density at radius 1 is 1.40 bits per heavy atom. The molecule has 1 aliphatic rings. The van der Waals surface area contributed by atoms with Gasteiger partial charge in [0.25, 0.3) is 0 Å². The van der Waals surface area contributed by atoms with Gasteiger partial charge >= 0.3 is 0 Å². The molecule has 0 spiro atoms. The van der Waals surface area contributed by atoms with Crippen LogP contribution in [0.15, 0.2) is 18.2 Å². The zero-order valence-electron chi connectivity index (χ0n) is 12.1. The Labute approximate surface area is 122 Å². The van der Waals surface area contributed by atoms with Crippen LogP contribution in [-0.4, -0.2) is 21.9 Å². The minimum absolute atomic E-state index is 0.104. The van der Waals surface area contributed by atoms with E-state index in [1.807, 2.05) is 25.1 Å². The maximum Gasteiger partial charge on any atom is 0.244 e. The summed E-state index contributed by atoms with van der Waals surface area (Å²) in [5.41, 5.74) is 8.18. The lowest BCUT2D eigenvalue weighted by molar-refractivity contribution is -0.121. The molecule has 110 valence electrons. The van der Waals surface area contributed by atoms with Gasteiger partial charge in [0, 0.05) is 28.5 Å². The number of carbonyl (C=O) groups excluding carboxylic acids is 1. The van der Waals surface area contributed by atoms with E-state index in [0.717, 1.165) is 42.5 Å². The lowest BCUT2D eigenvalue weighted by Gasteiger charge is -2.23. The summed E-state index contributed by atoms with van der Waals surface area (Å²) in [6.45, 7) is 1.94. The van der Waals surface area contributed by atoms with Crippen molar-refractivity contribution < 1.29 is 9.00 Å². The Morgan fingerprint density at radius 2 is 2.05 bits per heavy atom. The first-order chi connectivity index (χ1) is 9.42. The van der Waals surface area contributed by atoms with Crippen molar-refractivity contribution in [2.75, 3.05) is 11.6 Å². The summed E-state index contributed by atoms with van der Waals surface area (Å²) >= 11 is 0. The van der Waals surface area contributed by atoms with Gasteiger partial charge in [0.2, 0.25) is 5.91 Å². The van der Waals surface area contributed by atoms with Crippen LogP contribution < -0.4 is 11.1 Å². The number of hydrogen-bond acceptors (Lipinski definition) is 3. The standard InChI is InChI=1S/C15H22N2O2S/c1-11-12(10-20(2)19)6-5-7-13(11)17-14(18)15(16)8-3-4-9-15/h5-7H,3-4,8-10,16H2,1-2H3,(H,17,18). The van der Waals surface area contributed by atoms with Gasteiger partial charge in [-0.25, -0.2) is 0 Å². The van der Waals surface area contributed by atoms with Crippen LogP contribution in [0, 0.1) is 6.92 Å². The van der Waals surface area contributed by atoms with Crippen LogP contribution in [0.4, 0.5) is 5.69 Å². The molecule has 3 N–H and O–H groups in total. The minimum Gasteiger partial charge on any atom is -0.324 e. The Morgan fingerprint density at radius 3 is 2.65 bits per heavy atom. The highest BCUT2D eigenvalue weighted by Crippen LogP contribution is 2.29. The van der Waals surface area contributed by atoms with Crippen molar-refractivity contribution >= 4 is 22.4 Å². The third-order valence-corrected chi connectivity index (χ3v) is 4.72. The van der Waals surface area contributed by atoms with Gasteiger partial charge in [-0.15, -0.1) is 0 Å². The highest BCUT2D eigenvalue weighted by molar-refractivity contribution is 7.83. The molecule has 0 heterocycles.